The van der Waals surface area contributed by atoms with Crippen LogP contribution >= 0.6 is 23.2 Å². The summed E-state index contributed by atoms with van der Waals surface area (Å²) in [7, 11) is 0. The molecule has 1 aliphatic rings. The third kappa shape index (κ3) is 5.05. The van der Waals surface area contributed by atoms with Gasteiger partial charge in [0.15, 0.2) is 12.1 Å². The fourth-order valence-corrected chi connectivity index (χ4v) is 5.02. The van der Waals surface area contributed by atoms with Crippen LogP contribution in [0.25, 0.3) is 16.8 Å². The molecule has 1 unspecified atom stereocenters. The fraction of sp³-hybridized carbons (Fsp3) is 0.241. The maximum absolute atomic E-state index is 13.0. The van der Waals surface area contributed by atoms with Crippen molar-refractivity contribution in [3.05, 3.63) is 93.0 Å². The van der Waals surface area contributed by atoms with Crippen molar-refractivity contribution in [3.63, 3.8) is 0 Å². The number of hydrogen-bond acceptors (Lipinski definition) is 5. The average Bonchev–Trinajstić information content (AvgIpc) is 3.20. The molecule has 36 heavy (non-hydrogen) atoms. The van der Waals surface area contributed by atoms with Crippen molar-refractivity contribution in [1.29, 1.82) is 0 Å². The Hall–Kier alpha value is -3.12. The third-order valence-corrected chi connectivity index (χ3v) is 7.12. The lowest BCUT2D eigenvalue weighted by atomic mass is 9.95. The summed E-state index contributed by atoms with van der Waals surface area (Å²) >= 11 is 12.6. The number of ether oxygens (including phenoxy) is 1. The molecule has 3 N–H and O–H groups in total. The number of hydrogen-bond donors (Lipinski definition) is 2. The van der Waals surface area contributed by atoms with Crippen LogP contribution in [0.15, 0.2) is 66.2 Å². The van der Waals surface area contributed by atoms with Crippen LogP contribution in [-0.2, 0) is 21.6 Å². The Kier molecular flexibility index (Phi) is 7.55. The number of carbonyl (C=O) groups excluding carboxylic acids is 2. The van der Waals surface area contributed by atoms with Crippen LogP contribution in [0.3, 0.4) is 0 Å². The van der Waals surface area contributed by atoms with E-state index < -0.39 is 5.60 Å². The number of nitrogens with two attached hydrogens (primary N) is 1. The molecule has 0 aromatic heterocycles. The standard InChI is InChI=1S/C29H27Cl2NO4/c1-17(2)28(34)22(27(32)26-24(30)4-3-5-25(26)31)15-36-21-9-6-18(7-10-21)19-8-11-23-20(14-19)12-13-29(23,35)16-33/h3-11,14,16-17,35H,12-13,15,32H2,1-2H3/b27-22-. The van der Waals surface area contributed by atoms with Crippen LogP contribution < -0.4 is 10.5 Å². The Morgan fingerprint density at radius 3 is 2.33 bits per heavy atom. The van der Waals surface area contributed by atoms with Crippen LogP contribution in [0.5, 0.6) is 5.75 Å². The first kappa shape index (κ1) is 26.0. The molecule has 1 atom stereocenters. The van der Waals surface area contributed by atoms with Crippen LogP contribution in [0.4, 0.5) is 0 Å². The van der Waals surface area contributed by atoms with Gasteiger partial charge in [0.2, 0.25) is 0 Å². The van der Waals surface area contributed by atoms with Gasteiger partial charge >= 0.3 is 0 Å². The van der Waals surface area contributed by atoms with Crippen molar-refractivity contribution < 1.29 is 19.4 Å². The molecular weight excluding hydrogens is 497 g/mol. The van der Waals surface area contributed by atoms with Gasteiger partial charge in [-0.2, -0.15) is 0 Å². The van der Waals surface area contributed by atoms with E-state index in [0.29, 0.717) is 51.6 Å². The number of rotatable bonds is 8. The molecule has 1 aliphatic carbocycles. The molecule has 0 heterocycles. The van der Waals surface area contributed by atoms with Gasteiger partial charge in [0.25, 0.3) is 0 Å². The smallest absolute Gasteiger partial charge is 0.166 e. The number of benzene rings is 3. The number of Topliss-reactive ketones (excluding diaryl/α,β-unsaturated/α-hetero) is 1. The zero-order valence-corrected chi connectivity index (χ0v) is 21.6. The molecule has 7 heteroatoms. The Morgan fingerprint density at radius 1 is 1.08 bits per heavy atom. The van der Waals surface area contributed by atoms with Gasteiger partial charge in [0.1, 0.15) is 18.0 Å². The van der Waals surface area contributed by atoms with Crippen molar-refractivity contribution in [1.82, 2.24) is 0 Å². The third-order valence-electron chi connectivity index (χ3n) is 6.49. The van der Waals surface area contributed by atoms with Crippen LogP contribution in [-0.4, -0.2) is 23.8 Å². The molecule has 0 fully saturated rings. The van der Waals surface area contributed by atoms with E-state index in [0.717, 1.165) is 16.7 Å². The Bertz CT molecular complexity index is 1330. The molecule has 0 aliphatic heterocycles. The highest BCUT2D eigenvalue weighted by atomic mass is 35.5. The van der Waals surface area contributed by atoms with Gasteiger partial charge in [-0.25, -0.2) is 0 Å². The van der Waals surface area contributed by atoms with Crippen LogP contribution in [0, 0.1) is 5.92 Å². The number of aldehydes is 1. The second-order valence-electron chi connectivity index (χ2n) is 9.23. The van der Waals surface area contributed by atoms with E-state index in [1.165, 1.54) is 0 Å². The lowest BCUT2D eigenvalue weighted by Gasteiger charge is -2.17. The molecule has 0 bridgehead atoms. The number of halogens is 2. The summed E-state index contributed by atoms with van der Waals surface area (Å²) in [5.41, 5.74) is 9.51. The Labute approximate surface area is 220 Å². The second-order valence-corrected chi connectivity index (χ2v) is 10.0. The Morgan fingerprint density at radius 2 is 1.72 bits per heavy atom. The zero-order valence-electron chi connectivity index (χ0n) is 20.1. The Balaban J connectivity index is 1.56. The fourth-order valence-electron chi connectivity index (χ4n) is 4.42. The van der Waals surface area contributed by atoms with E-state index in [1.807, 2.05) is 42.5 Å². The molecular formula is C29H27Cl2NO4. The second kappa shape index (κ2) is 10.5. The van der Waals surface area contributed by atoms with E-state index in [1.54, 1.807) is 32.0 Å². The molecule has 3 aromatic carbocycles. The molecule has 0 amide bonds. The van der Waals surface area contributed by atoms with Crippen molar-refractivity contribution in [2.75, 3.05) is 6.61 Å². The minimum Gasteiger partial charge on any atom is -0.489 e. The first-order valence-corrected chi connectivity index (χ1v) is 12.4. The largest absolute Gasteiger partial charge is 0.489 e. The van der Waals surface area contributed by atoms with Gasteiger partial charge in [-0.15, -0.1) is 0 Å². The van der Waals surface area contributed by atoms with Crippen molar-refractivity contribution in [3.8, 4) is 16.9 Å². The maximum atomic E-state index is 13.0. The molecule has 4 rings (SSSR count). The molecule has 5 nitrogen and oxygen atoms in total. The lowest BCUT2D eigenvalue weighted by Crippen LogP contribution is -2.23. The number of ketones is 1. The maximum Gasteiger partial charge on any atom is 0.166 e. The summed E-state index contributed by atoms with van der Waals surface area (Å²) in [5, 5.41) is 11.2. The van der Waals surface area contributed by atoms with E-state index in [2.05, 4.69) is 0 Å². The number of fused-ring (bicyclic) bond motifs is 1. The minimum atomic E-state index is -1.39. The summed E-state index contributed by atoms with van der Waals surface area (Å²) in [6.07, 6.45) is 1.66. The lowest BCUT2D eigenvalue weighted by molar-refractivity contribution is -0.124. The number of aryl methyl sites for hydroxylation is 1. The molecule has 186 valence electrons. The SMILES string of the molecule is CC(C)C(=O)/C(COc1ccc(-c2ccc3c(c2)CCC3(O)C=O)cc1)=C(\N)c1c(Cl)cccc1Cl. The van der Waals surface area contributed by atoms with Crippen molar-refractivity contribution in [2.45, 2.75) is 32.3 Å². The van der Waals surface area contributed by atoms with E-state index in [9.17, 15) is 14.7 Å². The minimum absolute atomic E-state index is 0.0349. The highest BCUT2D eigenvalue weighted by molar-refractivity contribution is 6.37. The quantitative estimate of drug-likeness (QED) is 0.280. The molecule has 0 saturated carbocycles. The van der Waals surface area contributed by atoms with Gasteiger partial charge in [-0.1, -0.05) is 73.4 Å². The number of aliphatic hydroxyl groups is 1. The molecule has 0 spiro atoms. The van der Waals surface area contributed by atoms with E-state index >= 15 is 0 Å². The van der Waals surface area contributed by atoms with Gasteiger partial charge < -0.3 is 15.6 Å². The summed E-state index contributed by atoms with van der Waals surface area (Å²) < 4.78 is 5.95. The molecule has 0 radical (unpaired) electrons. The first-order chi connectivity index (χ1) is 17.1. The summed E-state index contributed by atoms with van der Waals surface area (Å²) in [5.74, 6) is 0.137. The monoisotopic (exact) mass is 523 g/mol. The van der Waals surface area contributed by atoms with Crippen LogP contribution in [0.2, 0.25) is 10.0 Å². The summed E-state index contributed by atoms with van der Waals surface area (Å²) in [4.78, 5) is 24.3. The van der Waals surface area contributed by atoms with E-state index in [4.69, 9.17) is 33.7 Å². The highest BCUT2D eigenvalue weighted by Crippen LogP contribution is 2.38. The van der Waals surface area contributed by atoms with E-state index in [-0.39, 0.29) is 24.0 Å². The average molecular weight is 524 g/mol. The predicted octanol–water partition coefficient (Wildman–Crippen LogP) is 5.97. The van der Waals surface area contributed by atoms with Crippen LogP contribution in [0.1, 0.15) is 37.0 Å². The van der Waals surface area contributed by atoms with Gasteiger partial charge in [0, 0.05) is 11.5 Å². The number of carbonyl (C=O) groups is 2. The van der Waals surface area contributed by atoms with Crippen molar-refractivity contribution >= 4 is 41.0 Å². The summed E-state index contributed by atoms with van der Waals surface area (Å²) in [6, 6.07) is 18.2. The normalized spacial score (nSPS) is 17.5. The van der Waals surface area contributed by atoms with Gasteiger partial charge in [-0.3, -0.25) is 9.59 Å². The molecule has 3 aromatic rings. The van der Waals surface area contributed by atoms with Gasteiger partial charge in [-0.05, 0) is 59.4 Å². The topological polar surface area (TPSA) is 89.6 Å². The summed E-state index contributed by atoms with van der Waals surface area (Å²) in [6.45, 7) is 3.56. The molecule has 0 saturated heterocycles. The van der Waals surface area contributed by atoms with Crippen molar-refractivity contribution in [2.24, 2.45) is 11.7 Å². The first-order valence-electron chi connectivity index (χ1n) is 11.7. The zero-order chi connectivity index (χ0) is 26.0. The van der Waals surface area contributed by atoms with Gasteiger partial charge in [0.05, 0.1) is 21.3 Å². The highest BCUT2D eigenvalue weighted by Gasteiger charge is 2.36. The predicted molar refractivity (Wildman–Crippen MR) is 143 cm³/mol.